The third-order valence-electron chi connectivity index (χ3n) is 5.33. The monoisotopic (exact) mass is 387 g/mol. The summed E-state index contributed by atoms with van der Waals surface area (Å²) in [6.07, 6.45) is 5.85. The van der Waals surface area contributed by atoms with Gasteiger partial charge in [0.05, 0.1) is 5.57 Å². The first-order chi connectivity index (χ1) is 14.0. The number of hydrogen-bond acceptors (Lipinski definition) is 3. The maximum Gasteiger partial charge on any atom is 0.303 e. The summed E-state index contributed by atoms with van der Waals surface area (Å²) < 4.78 is 0. The summed E-state index contributed by atoms with van der Waals surface area (Å²) in [5, 5.41) is 11.9. The van der Waals surface area contributed by atoms with E-state index in [4.69, 9.17) is 5.11 Å². The molecule has 3 N–H and O–H groups in total. The molecule has 1 amide bonds. The zero-order valence-corrected chi connectivity index (χ0v) is 16.2. The van der Waals surface area contributed by atoms with Crippen LogP contribution in [0.5, 0.6) is 0 Å². The summed E-state index contributed by atoms with van der Waals surface area (Å²) in [7, 11) is 0. The molecule has 0 bridgehead atoms. The summed E-state index contributed by atoms with van der Waals surface area (Å²) in [6, 6.07) is 9.65. The van der Waals surface area contributed by atoms with Gasteiger partial charge in [0.25, 0.3) is 5.91 Å². The number of aryl methyl sites for hydroxylation is 1. The fourth-order valence-corrected chi connectivity index (χ4v) is 3.87. The number of nitrogens with zero attached hydrogens (tertiary/aromatic N) is 1. The molecule has 0 aliphatic carbocycles. The van der Waals surface area contributed by atoms with Gasteiger partial charge in [0.1, 0.15) is 0 Å². The van der Waals surface area contributed by atoms with Crippen molar-refractivity contribution in [2.45, 2.75) is 26.7 Å². The number of aromatic nitrogens is 2. The van der Waals surface area contributed by atoms with E-state index in [0.717, 1.165) is 44.9 Å². The van der Waals surface area contributed by atoms with E-state index in [1.807, 2.05) is 50.3 Å². The molecular formula is C23H21N3O3. The maximum atomic E-state index is 12.8. The molecule has 2 aromatic heterocycles. The number of amides is 1. The lowest BCUT2D eigenvalue weighted by molar-refractivity contribution is -0.137. The quantitative estimate of drug-likeness (QED) is 0.572. The molecule has 0 fully saturated rings. The molecule has 4 rings (SSSR count). The molecule has 29 heavy (non-hydrogen) atoms. The molecule has 1 aliphatic heterocycles. The molecule has 0 saturated carbocycles. The van der Waals surface area contributed by atoms with Crippen LogP contribution < -0.4 is 5.32 Å². The Hall–Kier alpha value is -3.67. The number of aliphatic carboxylic acids is 1. The highest BCUT2D eigenvalue weighted by Gasteiger charge is 2.28. The maximum absolute atomic E-state index is 12.8. The molecular weight excluding hydrogens is 366 g/mol. The van der Waals surface area contributed by atoms with Crippen molar-refractivity contribution in [2.75, 3.05) is 5.32 Å². The number of carbonyl (C=O) groups excluding carboxylic acids is 1. The number of carboxylic acids is 1. The largest absolute Gasteiger partial charge is 0.481 e. The van der Waals surface area contributed by atoms with Crippen LogP contribution in [0.1, 0.15) is 34.5 Å². The van der Waals surface area contributed by atoms with E-state index in [-0.39, 0.29) is 12.3 Å². The summed E-state index contributed by atoms with van der Waals surface area (Å²) in [4.78, 5) is 31.1. The molecule has 3 aromatic rings. The van der Waals surface area contributed by atoms with Gasteiger partial charge < -0.3 is 15.4 Å². The van der Waals surface area contributed by atoms with E-state index >= 15 is 0 Å². The number of carboxylic acid groups (broad SMARTS) is 1. The van der Waals surface area contributed by atoms with Crippen LogP contribution >= 0.6 is 0 Å². The average molecular weight is 387 g/mol. The van der Waals surface area contributed by atoms with Crippen molar-refractivity contribution in [3.63, 3.8) is 0 Å². The second-order valence-electron chi connectivity index (χ2n) is 7.14. The van der Waals surface area contributed by atoms with Crippen LogP contribution in [0.15, 0.2) is 42.7 Å². The van der Waals surface area contributed by atoms with Gasteiger partial charge in [0, 0.05) is 41.5 Å². The third kappa shape index (κ3) is 3.45. The number of hydrogen-bond donors (Lipinski definition) is 3. The lowest BCUT2D eigenvalue weighted by Gasteiger charge is -2.08. The third-order valence-corrected chi connectivity index (χ3v) is 5.33. The van der Waals surface area contributed by atoms with Gasteiger partial charge in [-0.1, -0.05) is 12.1 Å². The van der Waals surface area contributed by atoms with Gasteiger partial charge in [-0.15, -0.1) is 0 Å². The molecule has 1 aliphatic rings. The fraction of sp³-hybridized carbons (Fsp3) is 0.174. The summed E-state index contributed by atoms with van der Waals surface area (Å²) in [5.41, 5.74) is 7.88. The number of anilines is 1. The second-order valence-corrected chi connectivity index (χ2v) is 7.14. The zero-order valence-electron chi connectivity index (χ0n) is 16.2. The van der Waals surface area contributed by atoms with Crippen LogP contribution in [0.25, 0.3) is 22.8 Å². The fourth-order valence-electron chi connectivity index (χ4n) is 3.87. The minimum Gasteiger partial charge on any atom is -0.481 e. The summed E-state index contributed by atoms with van der Waals surface area (Å²) >= 11 is 0. The Balaban J connectivity index is 1.81. The van der Waals surface area contributed by atoms with Gasteiger partial charge in [0.2, 0.25) is 0 Å². The van der Waals surface area contributed by atoms with Crippen LogP contribution in [0.3, 0.4) is 0 Å². The summed E-state index contributed by atoms with van der Waals surface area (Å²) in [5.74, 6) is -0.976. The minimum atomic E-state index is -0.823. The Morgan fingerprint density at radius 1 is 1.17 bits per heavy atom. The first kappa shape index (κ1) is 18.7. The van der Waals surface area contributed by atoms with Crippen molar-refractivity contribution in [2.24, 2.45) is 0 Å². The number of benzene rings is 1. The number of carbonyl (C=O) groups is 2. The molecule has 6 nitrogen and oxygen atoms in total. The van der Waals surface area contributed by atoms with E-state index in [2.05, 4.69) is 15.3 Å². The van der Waals surface area contributed by atoms with Crippen molar-refractivity contribution in [3.05, 3.63) is 70.8 Å². The highest BCUT2D eigenvalue weighted by atomic mass is 16.4. The Morgan fingerprint density at radius 2 is 1.93 bits per heavy atom. The van der Waals surface area contributed by atoms with Crippen LogP contribution in [0.4, 0.5) is 5.69 Å². The van der Waals surface area contributed by atoms with Crippen LogP contribution in [-0.2, 0) is 16.0 Å². The Morgan fingerprint density at radius 3 is 2.66 bits per heavy atom. The Labute approximate surface area is 168 Å². The second kappa shape index (κ2) is 7.39. The number of nitrogens with one attached hydrogen (secondary N) is 2. The van der Waals surface area contributed by atoms with Gasteiger partial charge in [0.15, 0.2) is 0 Å². The number of aromatic amines is 1. The molecule has 0 radical (unpaired) electrons. The van der Waals surface area contributed by atoms with Crippen LogP contribution in [0, 0.1) is 13.8 Å². The standard InChI is InChI=1S/C23H21N3O3/c1-13-16(6-7-21(27)28)14(2)25-20(13)12-18-22-17(15-8-10-24-11-9-15)4-3-5-19(22)26-23(18)29/h3-5,8-12,25H,6-7H2,1-2H3,(H,26,29)(H,27,28). The summed E-state index contributed by atoms with van der Waals surface area (Å²) in [6.45, 7) is 3.88. The smallest absolute Gasteiger partial charge is 0.303 e. The molecule has 0 unspecified atom stereocenters. The van der Waals surface area contributed by atoms with Gasteiger partial charge in [-0.05, 0) is 66.8 Å². The molecule has 0 spiro atoms. The number of pyridine rings is 1. The number of fused-ring (bicyclic) bond motifs is 1. The normalized spacial score (nSPS) is 14.1. The molecule has 0 atom stereocenters. The van der Waals surface area contributed by atoms with E-state index in [9.17, 15) is 9.59 Å². The SMILES string of the molecule is Cc1[nH]c(C=C2C(=O)Nc3cccc(-c4ccncc4)c32)c(C)c1CCC(=O)O. The van der Waals surface area contributed by atoms with Gasteiger partial charge in [-0.25, -0.2) is 0 Å². The highest BCUT2D eigenvalue weighted by molar-refractivity contribution is 6.36. The van der Waals surface area contributed by atoms with Gasteiger partial charge >= 0.3 is 5.97 Å². The molecule has 0 saturated heterocycles. The molecule has 1 aromatic carbocycles. The van der Waals surface area contributed by atoms with E-state index in [1.54, 1.807) is 12.4 Å². The van der Waals surface area contributed by atoms with E-state index in [1.165, 1.54) is 0 Å². The minimum absolute atomic E-state index is 0.0745. The van der Waals surface area contributed by atoms with Crippen molar-refractivity contribution < 1.29 is 14.7 Å². The van der Waals surface area contributed by atoms with E-state index in [0.29, 0.717) is 12.0 Å². The predicted molar refractivity (Wildman–Crippen MR) is 112 cm³/mol. The average Bonchev–Trinajstić information content (AvgIpc) is 3.16. The van der Waals surface area contributed by atoms with Crippen molar-refractivity contribution in [1.82, 2.24) is 9.97 Å². The van der Waals surface area contributed by atoms with E-state index < -0.39 is 5.97 Å². The van der Waals surface area contributed by atoms with Gasteiger partial charge in [-0.2, -0.15) is 0 Å². The Bertz CT molecular complexity index is 1140. The molecule has 146 valence electrons. The van der Waals surface area contributed by atoms with Crippen molar-refractivity contribution in [1.29, 1.82) is 0 Å². The number of H-pyrrole nitrogens is 1. The number of rotatable bonds is 5. The van der Waals surface area contributed by atoms with Crippen molar-refractivity contribution in [3.8, 4) is 11.1 Å². The highest BCUT2D eigenvalue weighted by Crippen LogP contribution is 2.40. The Kier molecular flexibility index (Phi) is 4.76. The van der Waals surface area contributed by atoms with Crippen molar-refractivity contribution >= 4 is 29.2 Å². The first-order valence-corrected chi connectivity index (χ1v) is 9.42. The molecule has 6 heteroatoms. The first-order valence-electron chi connectivity index (χ1n) is 9.42. The zero-order chi connectivity index (χ0) is 20.5. The van der Waals surface area contributed by atoms with Gasteiger partial charge in [-0.3, -0.25) is 14.6 Å². The predicted octanol–water partition coefficient (Wildman–Crippen LogP) is 4.20. The molecule has 3 heterocycles. The van der Waals surface area contributed by atoms with Crippen LogP contribution in [-0.4, -0.2) is 27.0 Å². The lowest BCUT2D eigenvalue weighted by Crippen LogP contribution is -2.03. The lowest BCUT2D eigenvalue weighted by atomic mass is 9.94. The van der Waals surface area contributed by atoms with Crippen LogP contribution in [0.2, 0.25) is 0 Å². The topological polar surface area (TPSA) is 95.1 Å².